The molecule has 170 valence electrons. The van der Waals surface area contributed by atoms with E-state index in [2.05, 4.69) is 20.9 Å². The highest BCUT2D eigenvalue weighted by Crippen LogP contribution is 2.43. The van der Waals surface area contributed by atoms with E-state index in [0.29, 0.717) is 16.9 Å². The van der Waals surface area contributed by atoms with Crippen molar-refractivity contribution in [1.82, 2.24) is 9.88 Å². The van der Waals surface area contributed by atoms with Crippen molar-refractivity contribution in [1.29, 1.82) is 0 Å². The number of aliphatic hydroxyl groups is 1. The van der Waals surface area contributed by atoms with Crippen LogP contribution in [0.25, 0.3) is 11.0 Å². The standard InChI is InChI=1S/C26H19BrN2O5/c1-33-20-5-3-2-4-18(20)23-22(24(30)21-13-16-12-17(27)6-7-19(16)34-21)25(31)26(32)29(23)14-15-8-10-28-11-9-15/h2-13,23,31H,14H2,1H3. The van der Waals surface area contributed by atoms with E-state index in [0.717, 1.165) is 15.4 Å². The molecule has 1 N–H and O–H groups in total. The van der Waals surface area contributed by atoms with Crippen LogP contribution in [-0.4, -0.2) is 33.8 Å². The zero-order valence-electron chi connectivity index (χ0n) is 18.1. The smallest absolute Gasteiger partial charge is 0.290 e. The molecule has 5 rings (SSSR count). The van der Waals surface area contributed by atoms with E-state index in [4.69, 9.17) is 9.15 Å². The van der Waals surface area contributed by atoms with Crippen molar-refractivity contribution in [3.8, 4) is 5.75 Å². The molecule has 0 spiro atoms. The number of methoxy groups -OCH3 is 1. The van der Waals surface area contributed by atoms with Crippen molar-refractivity contribution in [3.05, 3.63) is 106 Å². The minimum Gasteiger partial charge on any atom is -0.503 e. The summed E-state index contributed by atoms with van der Waals surface area (Å²) in [5.74, 6) is -1.28. The normalized spacial score (nSPS) is 15.9. The third-order valence-electron chi connectivity index (χ3n) is 5.79. The highest BCUT2D eigenvalue weighted by Gasteiger charge is 2.45. The number of ether oxygens (including phenoxy) is 1. The molecule has 34 heavy (non-hydrogen) atoms. The van der Waals surface area contributed by atoms with Crippen LogP contribution in [0, 0.1) is 0 Å². The van der Waals surface area contributed by atoms with Gasteiger partial charge in [-0.2, -0.15) is 0 Å². The van der Waals surface area contributed by atoms with Crippen molar-refractivity contribution < 1.29 is 23.8 Å². The van der Waals surface area contributed by atoms with Gasteiger partial charge < -0.3 is 19.2 Å². The van der Waals surface area contributed by atoms with Crippen LogP contribution in [0.15, 0.2) is 93.3 Å². The summed E-state index contributed by atoms with van der Waals surface area (Å²) < 4.78 is 12.2. The summed E-state index contributed by atoms with van der Waals surface area (Å²) in [7, 11) is 1.52. The van der Waals surface area contributed by atoms with Gasteiger partial charge in [0.05, 0.1) is 18.7 Å². The first-order valence-electron chi connectivity index (χ1n) is 10.5. The molecule has 1 unspecified atom stereocenters. The number of fused-ring (bicyclic) bond motifs is 1. The third kappa shape index (κ3) is 3.76. The van der Waals surface area contributed by atoms with Gasteiger partial charge in [0, 0.05) is 34.4 Å². The molecule has 1 aliphatic rings. The monoisotopic (exact) mass is 518 g/mol. The number of carbonyl (C=O) groups is 2. The Morgan fingerprint density at radius 1 is 1.15 bits per heavy atom. The highest BCUT2D eigenvalue weighted by atomic mass is 79.9. The quantitative estimate of drug-likeness (QED) is 0.344. The molecule has 1 aliphatic heterocycles. The number of Topliss-reactive ketones (excluding diaryl/α,β-unsaturated/α-hetero) is 1. The molecule has 1 amide bonds. The number of rotatable bonds is 6. The van der Waals surface area contributed by atoms with E-state index >= 15 is 0 Å². The molecular weight excluding hydrogens is 500 g/mol. The fourth-order valence-electron chi connectivity index (χ4n) is 4.21. The number of para-hydroxylation sites is 1. The summed E-state index contributed by atoms with van der Waals surface area (Å²) in [4.78, 5) is 32.4. The van der Waals surface area contributed by atoms with Gasteiger partial charge in [-0.05, 0) is 48.0 Å². The van der Waals surface area contributed by atoms with Gasteiger partial charge in [-0.1, -0.05) is 34.1 Å². The number of benzene rings is 2. The molecule has 0 aliphatic carbocycles. The molecule has 2 aromatic heterocycles. The number of aliphatic hydroxyl groups excluding tert-OH is 1. The third-order valence-corrected chi connectivity index (χ3v) is 6.28. The van der Waals surface area contributed by atoms with Crippen LogP contribution in [0.3, 0.4) is 0 Å². The summed E-state index contributed by atoms with van der Waals surface area (Å²) in [5, 5.41) is 11.6. The Balaban J connectivity index is 1.63. The van der Waals surface area contributed by atoms with E-state index in [-0.39, 0.29) is 17.9 Å². The number of halogens is 1. The van der Waals surface area contributed by atoms with Crippen LogP contribution in [0.1, 0.15) is 27.7 Å². The number of hydrogen-bond donors (Lipinski definition) is 1. The van der Waals surface area contributed by atoms with Gasteiger partial charge in [-0.3, -0.25) is 14.6 Å². The van der Waals surface area contributed by atoms with Gasteiger partial charge in [0.15, 0.2) is 11.5 Å². The fraction of sp³-hybridized carbons (Fsp3) is 0.115. The average Bonchev–Trinajstić information content (AvgIpc) is 3.38. The summed E-state index contributed by atoms with van der Waals surface area (Å²) in [5.41, 5.74) is 1.86. The molecule has 7 nitrogen and oxygen atoms in total. The lowest BCUT2D eigenvalue weighted by Crippen LogP contribution is -2.31. The predicted molar refractivity (Wildman–Crippen MR) is 128 cm³/mol. The number of aromatic nitrogens is 1. The molecule has 1 atom stereocenters. The molecule has 0 saturated carbocycles. The Kier molecular flexibility index (Phi) is 5.67. The number of pyridine rings is 1. The van der Waals surface area contributed by atoms with Crippen LogP contribution in [-0.2, 0) is 11.3 Å². The van der Waals surface area contributed by atoms with Gasteiger partial charge in [-0.25, -0.2) is 0 Å². The largest absolute Gasteiger partial charge is 0.503 e. The Labute approximate surface area is 203 Å². The van der Waals surface area contributed by atoms with Crippen molar-refractivity contribution in [2.24, 2.45) is 0 Å². The van der Waals surface area contributed by atoms with Crippen LogP contribution in [0.4, 0.5) is 0 Å². The summed E-state index contributed by atoms with van der Waals surface area (Å²) in [6.45, 7) is 0.165. The van der Waals surface area contributed by atoms with Gasteiger partial charge in [0.2, 0.25) is 5.78 Å². The van der Waals surface area contributed by atoms with Crippen LogP contribution < -0.4 is 4.74 Å². The maximum absolute atomic E-state index is 13.7. The maximum atomic E-state index is 13.7. The lowest BCUT2D eigenvalue weighted by atomic mass is 9.94. The highest BCUT2D eigenvalue weighted by molar-refractivity contribution is 9.10. The first-order chi connectivity index (χ1) is 16.5. The molecule has 8 heteroatoms. The van der Waals surface area contributed by atoms with Crippen molar-refractivity contribution in [2.45, 2.75) is 12.6 Å². The predicted octanol–water partition coefficient (Wildman–Crippen LogP) is 5.38. The molecule has 2 aromatic carbocycles. The maximum Gasteiger partial charge on any atom is 0.290 e. The second-order valence-electron chi connectivity index (χ2n) is 7.82. The number of carbonyl (C=O) groups excluding carboxylic acids is 2. The van der Waals surface area contributed by atoms with Gasteiger partial charge >= 0.3 is 0 Å². The van der Waals surface area contributed by atoms with E-state index in [1.807, 2.05) is 12.1 Å². The summed E-state index contributed by atoms with van der Waals surface area (Å²) in [6, 6.07) is 16.8. The molecular formula is C26H19BrN2O5. The Morgan fingerprint density at radius 2 is 1.91 bits per heavy atom. The van der Waals surface area contributed by atoms with E-state index < -0.39 is 23.5 Å². The fourth-order valence-corrected chi connectivity index (χ4v) is 4.59. The zero-order chi connectivity index (χ0) is 23.8. The molecule has 0 bridgehead atoms. The number of furan rings is 1. The Hall–Kier alpha value is -3.91. The van der Waals surface area contributed by atoms with E-state index in [1.165, 1.54) is 12.0 Å². The summed E-state index contributed by atoms with van der Waals surface area (Å²) >= 11 is 3.41. The van der Waals surface area contributed by atoms with E-state index in [1.54, 1.807) is 60.9 Å². The average molecular weight is 519 g/mol. The molecule has 3 heterocycles. The second kappa shape index (κ2) is 8.79. The minimum absolute atomic E-state index is 0.0353. The second-order valence-corrected chi connectivity index (χ2v) is 8.73. The van der Waals surface area contributed by atoms with Gasteiger partial charge in [0.25, 0.3) is 5.91 Å². The van der Waals surface area contributed by atoms with Crippen molar-refractivity contribution >= 4 is 38.6 Å². The molecule has 0 saturated heterocycles. The first kappa shape index (κ1) is 21.9. The lowest BCUT2D eigenvalue weighted by Gasteiger charge is -2.27. The molecule has 0 fully saturated rings. The molecule has 0 radical (unpaired) electrons. The molecule has 4 aromatic rings. The SMILES string of the molecule is COc1ccccc1C1C(C(=O)c2cc3cc(Br)ccc3o2)=C(O)C(=O)N1Cc1ccncc1. The van der Waals surface area contributed by atoms with Gasteiger partial charge in [-0.15, -0.1) is 0 Å². The number of hydrogen-bond acceptors (Lipinski definition) is 6. The number of ketones is 1. The Morgan fingerprint density at radius 3 is 2.68 bits per heavy atom. The van der Waals surface area contributed by atoms with Crippen LogP contribution in [0.2, 0.25) is 0 Å². The number of nitrogens with zero attached hydrogens (tertiary/aromatic N) is 2. The summed E-state index contributed by atoms with van der Waals surface area (Å²) in [6.07, 6.45) is 3.25. The number of amides is 1. The topological polar surface area (TPSA) is 92.9 Å². The van der Waals surface area contributed by atoms with Crippen LogP contribution >= 0.6 is 15.9 Å². The zero-order valence-corrected chi connectivity index (χ0v) is 19.7. The first-order valence-corrected chi connectivity index (χ1v) is 11.3. The Bertz CT molecular complexity index is 1440. The lowest BCUT2D eigenvalue weighted by molar-refractivity contribution is -0.130. The van der Waals surface area contributed by atoms with Crippen LogP contribution in [0.5, 0.6) is 5.75 Å². The van der Waals surface area contributed by atoms with E-state index in [9.17, 15) is 14.7 Å². The minimum atomic E-state index is -0.871. The van der Waals surface area contributed by atoms with Crippen molar-refractivity contribution in [2.75, 3.05) is 7.11 Å². The van der Waals surface area contributed by atoms with Crippen molar-refractivity contribution in [3.63, 3.8) is 0 Å². The van der Waals surface area contributed by atoms with Gasteiger partial charge in [0.1, 0.15) is 11.3 Å².